The molecule has 13 heavy (non-hydrogen) atoms. The molecule has 1 amide bonds. The standard InChI is InChI=1S/C10H22N2O/c1-9(2,3)5-6-10(4,12)7-8(11)13/h5-7,12H2,1-4H3,(H2,11,13). The first kappa shape index (κ1) is 12.4. The number of primary amides is 1. The zero-order chi connectivity index (χ0) is 10.7. The summed E-state index contributed by atoms with van der Waals surface area (Å²) in [5.74, 6) is -0.320. The molecule has 1 atom stereocenters. The number of nitrogens with two attached hydrogens (primary N) is 2. The van der Waals surface area contributed by atoms with Gasteiger partial charge in [0.25, 0.3) is 0 Å². The number of amides is 1. The molecule has 3 heteroatoms. The van der Waals surface area contributed by atoms with Gasteiger partial charge in [-0.15, -0.1) is 0 Å². The van der Waals surface area contributed by atoms with Crippen LogP contribution in [0.15, 0.2) is 0 Å². The van der Waals surface area contributed by atoms with Crippen LogP contribution >= 0.6 is 0 Å². The van der Waals surface area contributed by atoms with E-state index in [1.807, 2.05) is 6.92 Å². The average Bonchev–Trinajstić information content (AvgIpc) is 1.79. The Morgan fingerprint density at radius 2 is 1.62 bits per heavy atom. The monoisotopic (exact) mass is 186 g/mol. The highest BCUT2D eigenvalue weighted by Crippen LogP contribution is 2.25. The van der Waals surface area contributed by atoms with Crippen LogP contribution in [-0.4, -0.2) is 11.4 Å². The molecule has 0 aliphatic carbocycles. The van der Waals surface area contributed by atoms with Gasteiger partial charge in [-0.05, 0) is 25.2 Å². The van der Waals surface area contributed by atoms with Gasteiger partial charge >= 0.3 is 0 Å². The molecule has 0 heterocycles. The van der Waals surface area contributed by atoms with E-state index in [2.05, 4.69) is 20.8 Å². The fraction of sp³-hybridized carbons (Fsp3) is 0.900. The predicted molar refractivity (Wildman–Crippen MR) is 55.1 cm³/mol. The minimum Gasteiger partial charge on any atom is -0.370 e. The molecular formula is C10H22N2O. The highest BCUT2D eigenvalue weighted by Gasteiger charge is 2.23. The molecule has 1 unspecified atom stereocenters. The lowest BCUT2D eigenvalue weighted by atomic mass is 9.83. The third kappa shape index (κ3) is 7.78. The summed E-state index contributed by atoms with van der Waals surface area (Å²) in [6.45, 7) is 8.36. The predicted octanol–water partition coefficient (Wildman–Crippen LogP) is 1.41. The fourth-order valence-electron chi connectivity index (χ4n) is 1.15. The molecule has 0 fully saturated rings. The molecule has 0 rings (SSSR count). The molecule has 0 aromatic rings. The first-order valence-corrected chi connectivity index (χ1v) is 4.70. The largest absolute Gasteiger partial charge is 0.370 e. The van der Waals surface area contributed by atoms with Crippen molar-refractivity contribution in [1.29, 1.82) is 0 Å². The summed E-state index contributed by atoms with van der Waals surface area (Å²) in [6, 6.07) is 0. The van der Waals surface area contributed by atoms with Crippen LogP contribution in [0.2, 0.25) is 0 Å². The number of carbonyl (C=O) groups is 1. The fourth-order valence-corrected chi connectivity index (χ4v) is 1.15. The smallest absolute Gasteiger partial charge is 0.219 e. The van der Waals surface area contributed by atoms with Crippen molar-refractivity contribution in [2.24, 2.45) is 16.9 Å². The maximum absolute atomic E-state index is 10.7. The van der Waals surface area contributed by atoms with Gasteiger partial charge in [-0.2, -0.15) is 0 Å². The topological polar surface area (TPSA) is 69.1 Å². The van der Waals surface area contributed by atoms with E-state index in [0.29, 0.717) is 0 Å². The summed E-state index contributed by atoms with van der Waals surface area (Å²) in [4.78, 5) is 10.7. The Morgan fingerprint density at radius 3 is 1.92 bits per heavy atom. The zero-order valence-corrected chi connectivity index (χ0v) is 9.18. The van der Waals surface area contributed by atoms with E-state index in [4.69, 9.17) is 11.5 Å². The summed E-state index contributed by atoms with van der Waals surface area (Å²) in [6.07, 6.45) is 2.11. The lowest BCUT2D eigenvalue weighted by molar-refractivity contribution is -0.119. The molecule has 0 aliphatic heterocycles. The van der Waals surface area contributed by atoms with Gasteiger partial charge in [0, 0.05) is 12.0 Å². The molecule has 0 aliphatic rings. The summed E-state index contributed by atoms with van der Waals surface area (Å²) < 4.78 is 0. The molecule has 4 N–H and O–H groups in total. The number of rotatable bonds is 4. The quantitative estimate of drug-likeness (QED) is 0.697. The van der Waals surface area contributed by atoms with Gasteiger partial charge < -0.3 is 11.5 Å². The van der Waals surface area contributed by atoms with E-state index in [1.54, 1.807) is 0 Å². The first-order valence-electron chi connectivity index (χ1n) is 4.70. The van der Waals surface area contributed by atoms with Gasteiger partial charge in [0.1, 0.15) is 0 Å². The maximum atomic E-state index is 10.7. The lowest BCUT2D eigenvalue weighted by Crippen LogP contribution is -2.41. The third-order valence-corrected chi connectivity index (χ3v) is 2.02. The Labute approximate surface area is 80.9 Å². The van der Waals surface area contributed by atoms with Gasteiger partial charge in [0.15, 0.2) is 0 Å². The van der Waals surface area contributed by atoms with Crippen molar-refractivity contribution >= 4 is 5.91 Å². The first-order chi connectivity index (χ1) is 5.62. The minimum atomic E-state index is -0.445. The van der Waals surface area contributed by atoms with Crippen LogP contribution in [0.25, 0.3) is 0 Å². The second kappa shape index (κ2) is 4.09. The SMILES string of the molecule is CC(C)(C)CCC(C)(N)CC(N)=O. The van der Waals surface area contributed by atoms with Crippen molar-refractivity contribution < 1.29 is 4.79 Å². The van der Waals surface area contributed by atoms with Crippen molar-refractivity contribution in [3.05, 3.63) is 0 Å². The molecule has 0 aromatic carbocycles. The molecule has 0 spiro atoms. The normalized spacial score (nSPS) is 16.7. The Morgan fingerprint density at radius 1 is 1.15 bits per heavy atom. The third-order valence-electron chi connectivity index (χ3n) is 2.02. The Hall–Kier alpha value is -0.570. The van der Waals surface area contributed by atoms with Crippen molar-refractivity contribution in [3.8, 4) is 0 Å². The van der Waals surface area contributed by atoms with Crippen LogP contribution in [0, 0.1) is 5.41 Å². The molecule has 78 valence electrons. The van der Waals surface area contributed by atoms with Crippen LogP contribution in [-0.2, 0) is 4.79 Å². The Bertz CT molecular complexity index is 180. The average molecular weight is 186 g/mol. The van der Waals surface area contributed by atoms with E-state index in [-0.39, 0.29) is 17.7 Å². The molecule has 0 aromatic heterocycles. The number of carbonyl (C=O) groups excluding carboxylic acids is 1. The van der Waals surface area contributed by atoms with E-state index >= 15 is 0 Å². The van der Waals surface area contributed by atoms with Gasteiger partial charge in [-0.3, -0.25) is 4.79 Å². The zero-order valence-electron chi connectivity index (χ0n) is 9.18. The molecule has 0 saturated heterocycles. The van der Waals surface area contributed by atoms with Crippen molar-refractivity contribution in [2.75, 3.05) is 0 Å². The van der Waals surface area contributed by atoms with E-state index in [1.165, 1.54) is 0 Å². The molecule has 0 bridgehead atoms. The number of hydrogen-bond acceptors (Lipinski definition) is 2. The highest BCUT2D eigenvalue weighted by atomic mass is 16.1. The molecule has 0 saturated carbocycles. The van der Waals surface area contributed by atoms with E-state index < -0.39 is 5.54 Å². The van der Waals surface area contributed by atoms with Gasteiger partial charge in [-0.25, -0.2) is 0 Å². The maximum Gasteiger partial charge on any atom is 0.219 e. The van der Waals surface area contributed by atoms with Crippen LogP contribution in [0.4, 0.5) is 0 Å². The van der Waals surface area contributed by atoms with Gasteiger partial charge in [0.05, 0.1) is 0 Å². The molecule has 0 radical (unpaired) electrons. The highest BCUT2D eigenvalue weighted by molar-refractivity contribution is 5.75. The van der Waals surface area contributed by atoms with Crippen LogP contribution in [0.1, 0.15) is 47.0 Å². The van der Waals surface area contributed by atoms with Gasteiger partial charge in [0.2, 0.25) is 5.91 Å². The summed E-state index contributed by atoms with van der Waals surface area (Å²) in [7, 11) is 0. The lowest BCUT2D eigenvalue weighted by Gasteiger charge is -2.27. The van der Waals surface area contributed by atoms with Crippen LogP contribution in [0.3, 0.4) is 0 Å². The number of hydrogen-bond donors (Lipinski definition) is 2. The Kier molecular flexibility index (Phi) is 3.91. The van der Waals surface area contributed by atoms with Crippen LogP contribution in [0.5, 0.6) is 0 Å². The summed E-state index contributed by atoms with van der Waals surface area (Å²) >= 11 is 0. The second-order valence-corrected chi connectivity index (χ2v) is 5.36. The van der Waals surface area contributed by atoms with E-state index in [9.17, 15) is 4.79 Å². The molecular weight excluding hydrogens is 164 g/mol. The minimum absolute atomic E-state index is 0.262. The summed E-state index contributed by atoms with van der Waals surface area (Å²) in [5.41, 5.74) is 10.8. The van der Waals surface area contributed by atoms with Gasteiger partial charge in [-0.1, -0.05) is 20.8 Å². The molecule has 3 nitrogen and oxygen atoms in total. The second-order valence-electron chi connectivity index (χ2n) is 5.36. The van der Waals surface area contributed by atoms with Crippen molar-refractivity contribution in [2.45, 2.75) is 52.5 Å². The Balaban J connectivity index is 3.96. The van der Waals surface area contributed by atoms with Crippen LogP contribution < -0.4 is 11.5 Å². The van der Waals surface area contributed by atoms with Crippen molar-refractivity contribution in [1.82, 2.24) is 0 Å². The van der Waals surface area contributed by atoms with E-state index in [0.717, 1.165) is 12.8 Å². The van der Waals surface area contributed by atoms with Crippen molar-refractivity contribution in [3.63, 3.8) is 0 Å². The summed E-state index contributed by atoms with van der Waals surface area (Å²) in [5, 5.41) is 0.